The van der Waals surface area contributed by atoms with Crippen molar-refractivity contribution in [3.8, 4) is 0 Å². The quantitative estimate of drug-likeness (QED) is 0.872. The van der Waals surface area contributed by atoms with Crippen molar-refractivity contribution in [3.63, 3.8) is 0 Å². The number of halogens is 1. The van der Waals surface area contributed by atoms with Crippen LogP contribution in [0.1, 0.15) is 35.7 Å². The molecule has 0 aliphatic heterocycles. The van der Waals surface area contributed by atoms with Crippen LogP contribution in [0.3, 0.4) is 0 Å². The van der Waals surface area contributed by atoms with E-state index >= 15 is 0 Å². The zero-order valence-electron chi connectivity index (χ0n) is 11.3. The molecular weight excluding hydrogens is 308 g/mol. The average Bonchev–Trinajstić information content (AvgIpc) is 2.32. The fourth-order valence-corrected chi connectivity index (χ4v) is 2.44. The molecule has 0 aliphatic rings. The highest BCUT2D eigenvalue weighted by atomic mass is 79.9. The molecule has 2 N–H and O–H groups in total. The summed E-state index contributed by atoms with van der Waals surface area (Å²) in [5.41, 5.74) is 6.76. The first-order chi connectivity index (χ1) is 8.93. The van der Waals surface area contributed by atoms with Gasteiger partial charge in [-0.3, -0.25) is 9.59 Å². The minimum Gasteiger partial charge on any atom is -0.368 e. The molecule has 1 aromatic rings. The summed E-state index contributed by atoms with van der Waals surface area (Å²) in [7, 11) is 0. The van der Waals surface area contributed by atoms with Gasteiger partial charge in [0.25, 0.3) is 5.91 Å². The molecule has 0 aromatic heterocycles. The Morgan fingerprint density at radius 2 is 2.00 bits per heavy atom. The van der Waals surface area contributed by atoms with Crippen molar-refractivity contribution in [3.05, 3.63) is 33.8 Å². The lowest BCUT2D eigenvalue weighted by atomic mass is 10.1. The Bertz CT molecular complexity index is 454. The number of nitrogens with two attached hydrogens (primary N) is 1. The van der Waals surface area contributed by atoms with Gasteiger partial charge in [0.15, 0.2) is 0 Å². The molecule has 0 bridgehead atoms. The standard InChI is InChI=1S/C14H19BrN2O2/c1-3-4-5-17(9-13(16)18)14(19)11-6-10(2)7-12(15)8-11/h6-8H,3-5,9H2,1-2H3,(H2,16,18). The molecule has 0 saturated carbocycles. The Balaban J connectivity index is 2.93. The van der Waals surface area contributed by atoms with E-state index in [0.29, 0.717) is 12.1 Å². The molecule has 0 radical (unpaired) electrons. The van der Waals surface area contributed by atoms with Crippen LogP contribution in [0.5, 0.6) is 0 Å². The van der Waals surface area contributed by atoms with E-state index in [9.17, 15) is 9.59 Å². The first-order valence-corrected chi connectivity index (χ1v) is 7.08. The molecular formula is C14H19BrN2O2. The van der Waals surface area contributed by atoms with Gasteiger partial charge in [-0.2, -0.15) is 0 Å². The third kappa shape index (κ3) is 5.03. The molecule has 1 aromatic carbocycles. The lowest BCUT2D eigenvalue weighted by Gasteiger charge is -2.21. The summed E-state index contributed by atoms with van der Waals surface area (Å²) in [5.74, 6) is -0.646. The molecule has 0 heterocycles. The number of carbonyl (C=O) groups excluding carboxylic acids is 2. The highest BCUT2D eigenvalue weighted by Crippen LogP contribution is 2.17. The van der Waals surface area contributed by atoms with Crippen molar-refractivity contribution in [2.45, 2.75) is 26.7 Å². The van der Waals surface area contributed by atoms with Gasteiger partial charge < -0.3 is 10.6 Å². The summed E-state index contributed by atoms with van der Waals surface area (Å²) in [4.78, 5) is 25.0. The van der Waals surface area contributed by atoms with Gasteiger partial charge in [0.05, 0.1) is 6.54 Å². The van der Waals surface area contributed by atoms with Crippen LogP contribution in [0.2, 0.25) is 0 Å². The van der Waals surface area contributed by atoms with E-state index in [-0.39, 0.29) is 12.5 Å². The topological polar surface area (TPSA) is 63.4 Å². The largest absolute Gasteiger partial charge is 0.368 e. The number of unbranched alkanes of at least 4 members (excludes halogenated alkanes) is 1. The summed E-state index contributed by atoms with van der Waals surface area (Å²) in [6, 6.07) is 5.50. The number of nitrogens with zero attached hydrogens (tertiary/aromatic N) is 1. The number of hydrogen-bond donors (Lipinski definition) is 1. The number of amides is 2. The number of hydrogen-bond acceptors (Lipinski definition) is 2. The first-order valence-electron chi connectivity index (χ1n) is 6.28. The maximum atomic E-state index is 12.4. The zero-order chi connectivity index (χ0) is 14.4. The second-order valence-corrected chi connectivity index (χ2v) is 5.48. The van der Waals surface area contributed by atoms with Crippen molar-refractivity contribution in [2.24, 2.45) is 5.73 Å². The normalized spacial score (nSPS) is 10.3. The van der Waals surface area contributed by atoms with Gasteiger partial charge in [-0.15, -0.1) is 0 Å². The molecule has 0 saturated heterocycles. The molecule has 5 heteroatoms. The van der Waals surface area contributed by atoms with Crippen LogP contribution in [0.15, 0.2) is 22.7 Å². The van der Waals surface area contributed by atoms with Crippen molar-refractivity contribution in [1.82, 2.24) is 4.90 Å². The minimum absolute atomic E-state index is 0.0373. The number of rotatable bonds is 6. The summed E-state index contributed by atoms with van der Waals surface area (Å²) >= 11 is 3.37. The fourth-order valence-electron chi connectivity index (χ4n) is 1.83. The summed E-state index contributed by atoms with van der Waals surface area (Å²) in [6.45, 7) is 4.47. The lowest BCUT2D eigenvalue weighted by molar-refractivity contribution is -0.118. The molecule has 0 aliphatic carbocycles. The second-order valence-electron chi connectivity index (χ2n) is 4.56. The monoisotopic (exact) mass is 326 g/mol. The van der Waals surface area contributed by atoms with Gasteiger partial charge in [-0.1, -0.05) is 29.3 Å². The average molecular weight is 327 g/mol. The molecule has 4 nitrogen and oxygen atoms in total. The van der Waals surface area contributed by atoms with Crippen molar-refractivity contribution in [1.29, 1.82) is 0 Å². The van der Waals surface area contributed by atoms with E-state index in [2.05, 4.69) is 15.9 Å². The number of primary amides is 1. The molecule has 2 amide bonds. The molecule has 1 rings (SSSR count). The van der Waals surface area contributed by atoms with Gasteiger partial charge in [0.2, 0.25) is 5.91 Å². The molecule has 0 spiro atoms. The highest BCUT2D eigenvalue weighted by molar-refractivity contribution is 9.10. The van der Waals surface area contributed by atoms with Gasteiger partial charge >= 0.3 is 0 Å². The third-order valence-electron chi connectivity index (χ3n) is 2.70. The zero-order valence-corrected chi connectivity index (χ0v) is 12.9. The van der Waals surface area contributed by atoms with Crippen LogP contribution >= 0.6 is 15.9 Å². The molecule has 19 heavy (non-hydrogen) atoms. The predicted molar refractivity (Wildman–Crippen MR) is 78.9 cm³/mol. The summed E-state index contributed by atoms with van der Waals surface area (Å²) in [5, 5.41) is 0. The van der Waals surface area contributed by atoms with E-state index in [0.717, 1.165) is 22.9 Å². The maximum absolute atomic E-state index is 12.4. The summed E-state index contributed by atoms with van der Waals surface area (Å²) in [6.07, 6.45) is 1.81. The molecule has 0 unspecified atom stereocenters. The van der Waals surface area contributed by atoms with Gasteiger partial charge in [-0.25, -0.2) is 0 Å². The fraction of sp³-hybridized carbons (Fsp3) is 0.429. The number of benzene rings is 1. The summed E-state index contributed by atoms with van der Waals surface area (Å²) < 4.78 is 0.852. The Kier molecular flexibility index (Phi) is 6.02. The van der Waals surface area contributed by atoms with Crippen LogP contribution in [0, 0.1) is 6.92 Å². The van der Waals surface area contributed by atoms with E-state index in [4.69, 9.17) is 5.73 Å². The lowest BCUT2D eigenvalue weighted by Crippen LogP contribution is -2.39. The van der Waals surface area contributed by atoms with Gasteiger partial charge in [0.1, 0.15) is 0 Å². The predicted octanol–water partition coefficient (Wildman–Crippen LogP) is 2.49. The number of carbonyl (C=O) groups is 2. The SMILES string of the molecule is CCCCN(CC(N)=O)C(=O)c1cc(C)cc(Br)c1. The van der Waals surface area contributed by atoms with Gasteiger partial charge in [-0.05, 0) is 37.1 Å². The van der Waals surface area contributed by atoms with Crippen LogP contribution in [-0.4, -0.2) is 29.8 Å². The van der Waals surface area contributed by atoms with E-state index in [1.165, 1.54) is 4.90 Å². The molecule has 0 atom stereocenters. The van der Waals surface area contributed by atoms with Crippen LogP contribution in [-0.2, 0) is 4.79 Å². The van der Waals surface area contributed by atoms with Crippen molar-refractivity contribution < 1.29 is 9.59 Å². The molecule has 0 fully saturated rings. The Morgan fingerprint density at radius 1 is 1.32 bits per heavy atom. The van der Waals surface area contributed by atoms with Crippen molar-refractivity contribution in [2.75, 3.05) is 13.1 Å². The first kappa shape index (κ1) is 15.7. The van der Waals surface area contributed by atoms with Gasteiger partial charge in [0, 0.05) is 16.6 Å². The third-order valence-corrected chi connectivity index (χ3v) is 3.16. The second kappa shape index (κ2) is 7.28. The van der Waals surface area contributed by atoms with Crippen LogP contribution in [0.25, 0.3) is 0 Å². The van der Waals surface area contributed by atoms with Crippen LogP contribution in [0.4, 0.5) is 0 Å². The van der Waals surface area contributed by atoms with E-state index < -0.39 is 5.91 Å². The maximum Gasteiger partial charge on any atom is 0.254 e. The highest BCUT2D eigenvalue weighted by Gasteiger charge is 2.17. The smallest absolute Gasteiger partial charge is 0.254 e. The Morgan fingerprint density at radius 3 is 2.53 bits per heavy atom. The van der Waals surface area contributed by atoms with Crippen LogP contribution < -0.4 is 5.73 Å². The molecule has 104 valence electrons. The van der Waals surface area contributed by atoms with E-state index in [1.807, 2.05) is 26.0 Å². The number of aryl methyl sites for hydroxylation is 1. The van der Waals surface area contributed by atoms with E-state index in [1.54, 1.807) is 6.07 Å². The Labute approximate surface area is 122 Å². The minimum atomic E-state index is -0.490. The van der Waals surface area contributed by atoms with Crippen molar-refractivity contribution >= 4 is 27.7 Å². The Hall–Kier alpha value is -1.36.